The number of amides is 1. The van der Waals surface area contributed by atoms with Crippen LogP contribution in [0, 0.1) is 0 Å². The molecule has 0 aromatic heterocycles. The van der Waals surface area contributed by atoms with Crippen molar-refractivity contribution in [1.29, 1.82) is 0 Å². The van der Waals surface area contributed by atoms with E-state index in [-0.39, 0.29) is 11.8 Å². The molecule has 1 aliphatic rings. The smallest absolute Gasteiger partial charge is 0.220 e. The van der Waals surface area contributed by atoms with Gasteiger partial charge in [-0.25, -0.2) is 0 Å². The van der Waals surface area contributed by atoms with E-state index in [0.29, 0.717) is 12.5 Å². The number of hydrogen-bond donors (Lipinski definition) is 2. The van der Waals surface area contributed by atoms with Crippen molar-refractivity contribution in [3.05, 3.63) is 29.8 Å². The first-order valence-corrected chi connectivity index (χ1v) is 7.33. The molecule has 2 N–H and O–H groups in total. The zero-order valence-corrected chi connectivity index (χ0v) is 12.3. The summed E-state index contributed by atoms with van der Waals surface area (Å²) in [6.07, 6.45) is 2.58. The Bertz CT molecular complexity index is 442. The van der Waals surface area contributed by atoms with Crippen LogP contribution in [0.25, 0.3) is 0 Å². The summed E-state index contributed by atoms with van der Waals surface area (Å²) in [7, 11) is 1.66. The Morgan fingerprint density at radius 3 is 2.90 bits per heavy atom. The second-order valence-electron chi connectivity index (χ2n) is 5.47. The quantitative estimate of drug-likeness (QED) is 0.865. The zero-order chi connectivity index (χ0) is 14.4. The highest BCUT2D eigenvalue weighted by molar-refractivity contribution is 5.77. The number of benzene rings is 1. The van der Waals surface area contributed by atoms with Crippen LogP contribution in [0.4, 0.5) is 0 Å². The molecule has 1 saturated heterocycles. The average Bonchev–Trinajstić information content (AvgIpc) is 2.48. The Kier molecular flexibility index (Phi) is 5.41. The third-order valence-electron chi connectivity index (χ3n) is 3.86. The van der Waals surface area contributed by atoms with Crippen LogP contribution >= 0.6 is 0 Å². The third-order valence-corrected chi connectivity index (χ3v) is 3.86. The van der Waals surface area contributed by atoms with Crippen molar-refractivity contribution in [2.24, 2.45) is 0 Å². The molecule has 1 aliphatic heterocycles. The van der Waals surface area contributed by atoms with Gasteiger partial charge in [0.25, 0.3) is 0 Å². The maximum absolute atomic E-state index is 12.1. The average molecular weight is 276 g/mol. The molecule has 0 bridgehead atoms. The summed E-state index contributed by atoms with van der Waals surface area (Å²) in [5, 5.41) is 6.44. The van der Waals surface area contributed by atoms with E-state index in [2.05, 4.69) is 17.6 Å². The SMILES string of the molecule is COc1cccc(C(C)CC(=O)NC2CCNCC2)c1. The summed E-state index contributed by atoms with van der Waals surface area (Å²) in [5.74, 6) is 1.19. The maximum atomic E-state index is 12.1. The Balaban J connectivity index is 1.86. The highest BCUT2D eigenvalue weighted by atomic mass is 16.5. The van der Waals surface area contributed by atoms with Gasteiger partial charge in [0.05, 0.1) is 7.11 Å². The number of nitrogens with one attached hydrogen (secondary N) is 2. The molecule has 1 atom stereocenters. The Morgan fingerprint density at radius 1 is 1.45 bits per heavy atom. The molecule has 0 spiro atoms. The van der Waals surface area contributed by atoms with Gasteiger partial charge in [-0.05, 0) is 49.5 Å². The van der Waals surface area contributed by atoms with Gasteiger partial charge >= 0.3 is 0 Å². The fourth-order valence-electron chi connectivity index (χ4n) is 2.60. The van der Waals surface area contributed by atoms with E-state index in [9.17, 15) is 4.79 Å². The molecule has 0 saturated carbocycles. The van der Waals surface area contributed by atoms with E-state index in [1.165, 1.54) is 0 Å². The van der Waals surface area contributed by atoms with Gasteiger partial charge in [-0.15, -0.1) is 0 Å². The number of methoxy groups -OCH3 is 1. The Hall–Kier alpha value is -1.55. The molecule has 1 fully saturated rings. The lowest BCUT2D eigenvalue weighted by Crippen LogP contribution is -2.42. The number of carbonyl (C=O) groups is 1. The van der Waals surface area contributed by atoms with Gasteiger partial charge in [-0.2, -0.15) is 0 Å². The topological polar surface area (TPSA) is 50.4 Å². The third kappa shape index (κ3) is 4.23. The summed E-state index contributed by atoms with van der Waals surface area (Å²) in [6, 6.07) is 8.27. The van der Waals surface area contributed by atoms with Crippen LogP contribution in [-0.4, -0.2) is 32.1 Å². The lowest BCUT2D eigenvalue weighted by molar-refractivity contribution is -0.122. The molecule has 1 aromatic carbocycles. The Labute approximate surface area is 120 Å². The lowest BCUT2D eigenvalue weighted by atomic mass is 9.96. The second kappa shape index (κ2) is 7.29. The standard InChI is InChI=1S/C16H24N2O2/c1-12(13-4-3-5-15(11-13)20-2)10-16(19)18-14-6-8-17-9-7-14/h3-5,11-12,14,17H,6-10H2,1-2H3,(H,18,19). The van der Waals surface area contributed by atoms with Crippen molar-refractivity contribution in [3.8, 4) is 5.75 Å². The maximum Gasteiger partial charge on any atom is 0.220 e. The van der Waals surface area contributed by atoms with Gasteiger partial charge in [0.1, 0.15) is 5.75 Å². The lowest BCUT2D eigenvalue weighted by Gasteiger charge is -2.24. The fraction of sp³-hybridized carbons (Fsp3) is 0.562. The van der Waals surface area contributed by atoms with Gasteiger partial charge in [-0.1, -0.05) is 19.1 Å². The highest BCUT2D eigenvalue weighted by Gasteiger charge is 2.17. The summed E-state index contributed by atoms with van der Waals surface area (Å²) in [6.45, 7) is 4.07. The summed E-state index contributed by atoms with van der Waals surface area (Å²) in [5.41, 5.74) is 1.14. The van der Waals surface area contributed by atoms with Crippen LogP contribution in [0.15, 0.2) is 24.3 Å². The Morgan fingerprint density at radius 2 is 2.20 bits per heavy atom. The predicted molar refractivity (Wildman–Crippen MR) is 80.1 cm³/mol. The largest absolute Gasteiger partial charge is 0.497 e. The first-order valence-electron chi connectivity index (χ1n) is 7.33. The van der Waals surface area contributed by atoms with Gasteiger partial charge in [0.15, 0.2) is 0 Å². The fourth-order valence-corrected chi connectivity index (χ4v) is 2.60. The van der Waals surface area contributed by atoms with Gasteiger partial charge in [0.2, 0.25) is 5.91 Å². The molecule has 4 nitrogen and oxygen atoms in total. The monoisotopic (exact) mass is 276 g/mol. The molecule has 110 valence electrons. The van der Waals surface area contributed by atoms with Crippen molar-refractivity contribution in [2.75, 3.05) is 20.2 Å². The van der Waals surface area contributed by atoms with Crippen molar-refractivity contribution in [2.45, 2.75) is 38.1 Å². The predicted octanol–water partition coefficient (Wildman–Crippen LogP) is 2.06. The van der Waals surface area contributed by atoms with E-state index >= 15 is 0 Å². The van der Waals surface area contributed by atoms with Crippen LogP contribution in [0.2, 0.25) is 0 Å². The zero-order valence-electron chi connectivity index (χ0n) is 12.3. The van der Waals surface area contributed by atoms with Gasteiger partial charge in [0, 0.05) is 12.5 Å². The molecule has 0 aliphatic carbocycles. The summed E-state index contributed by atoms with van der Waals surface area (Å²) >= 11 is 0. The number of rotatable bonds is 5. The van der Waals surface area contributed by atoms with Crippen LogP contribution in [0.1, 0.15) is 37.7 Å². The molecule has 4 heteroatoms. The second-order valence-corrected chi connectivity index (χ2v) is 5.47. The molecule has 0 radical (unpaired) electrons. The van der Waals surface area contributed by atoms with Crippen molar-refractivity contribution in [1.82, 2.24) is 10.6 Å². The van der Waals surface area contributed by atoms with E-state index < -0.39 is 0 Å². The van der Waals surface area contributed by atoms with E-state index in [0.717, 1.165) is 37.2 Å². The van der Waals surface area contributed by atoms with Crippen LogP contribution in [-0.2, 0) is 4.79 Å². The minimum Gasteiger partial charge on any atom is -0.497 e. The van der Waals surface area contributed by atoms with Crippen molar-refractivity contribution in [3.63, 3.8) is 0 Å². The number of carbonyl (C=O) groups excluding carboxylic acids is 1. The number of ether oxygens (including phenoxy) is 1. The van der Waals surface area contributed by atoms with E-state index in [1.807, 2.05) is 24.3 Å². The molecule has 2 rings (SSSR count). The summed E-state index contributed by atoms with van der Waals surface area (Å²) < 4.78 is 5.22. The van der Waals surface area contributed by atoms with E-state index in [1.54, 1.807) is 7.11 Å². The molecule has 1 heterocycles. The van der Waals surface area contributed by atoms with E-state index in [4.69, 9.17) is 4.74 Å². The number of piperidine rings is 1. The minimum absolute atomic E-state index is 0.146. The first kappa shape index (κ1) is 14.9. The molecule has 1 amide bonds. The molecule has 1 aromatic rings. The minimum atomic E-state index is 0.146. The van der Waals surface area contributed by atoms with Crippen molar-refractivity contribution < 1.29 is 9.53 Å². The molecular formula is C16H24N2O2. The number of hydrogen-bond acceptors (Lipinski definition) is 3. The molecule has 20 heavy (non-hydrogen) atoms. The van der Waals surface area contributed by atoms with Gasteiger partial charge < -0.3 is 15.4 Å². The van der Waals surface area contributed by atoms with Crippen molar-refractivity contribution >= 4 is 5.91 Å². The molecule has 1 unspecified atom stereocenters. The van der Waals surface area contributed by atoms with Crippen LogP contribution < -0.4 is 15.4 Å². The highest BCUT2D eigenvalue weighted by Crippen LogP contribution is 2.23. The first-order chi connectivity index (χ1) is 9.69. The normalized spacial score (nSPS) is 17.5. The van der Waals surface area contributed by atoms with Crippen LogP contribution in [0.5, 0.6) is 5.75 Å². The van der Waals surface area contributed by atoms with Crippen LogP contribution in [0.3, 0.4) is 0 Å². The summed E-state index contributed by atoms with van der Waals surface area (Å²) in [4.78, 5) is 12.1. The van der Waals surface area contributed by atoms with Gasteiger partial charge in [-0.3, -0.25) is 4.79 Å². The molecular weight excluding hydrogens is 252 g/mol.